The summed E-state index contributed by atoms with van der Waals surface area (Å²) < 4.78 is 40.9. The average molecular weight is 396 g/mol. The highest BCUT2D eigenvalue weighted by Crippen LogP contribution is 2.34. The minimum Gasteiger partial charge on any atom is -0.481 e. The van der Waals surface area contributed by atoms with Crippen LogP contribution in [0.5, 0.6) is 5.75 Å². The van der Waals surface area contributed by atoms with Crippen molar-refractivity contribution >= 4 is 27.8 Å². The van der Waals surface area contributed by atoms with Gasteiger partial charge in [0.1, 0.15) is 5.75 Å². The fourth-order valence-electron chi connectivity index (χ4n) is 2.33. The van der Waals surface area contributed by atoms with E-state index >= 15 is 0 Å². The number of hydrogen-bond acceptors (Lipinski definition) is 3. The molecule has 1 unspecified atom stereocenters. The predicted molar refractivity (Wildman–Crippen MR) is 77.1 cm³/mol. The summed E-state index contributed by atoms with van der Waals surface area (Å²) in [5.74, 6) is -2.07. The molecular weight excluding hydrogens is 383 g/mol. The molecule has 0 spiro atoms. The number of carboxylic acid groups (broad SMARTS) is 1. The summed E-state index contributed by atoms with van der Waals surface area (Å²) in [6, 6.07) is 3.61. The third-order valence-corrected chi connectivity index (χ3v) is 4.34. The molecule has 1 aromatic carbocycles. The van der Waals surface area contributed by atoms with Crippen LogP contribution in [0, 0.1) is 5.41 Å². The molecule has 9 heteroatoms. The van der Waals surface area contributed by atoms with Crippen molar-refractivity contribution in [2.75, 3.05) is 13.1 Å². The molecule has 1 heterocycles. The highest BCUT2D eigenvalue weighted by atomic mass is 79.9. The maximum atomic E-state index is 12.4. The third kappa shape index (κ3) is 3.95. The molecule has 5 nitrogen and oxygen atoms in total. The second-order valence-electron chi connectivity index (χ2n) is 5.54. The molecule has 1 fully saturated rings. The van der Waals surface area contributed by atoms with Crippen molar-refractivity contribution < 1.29 is 32.6 Å². The van der Waals surface area contributed by atoms with Crippen LogP contribution in [-0.4, -0.2) is 41.3 Å². The fourth-order valence-corrected chi connectivity index (χ4v) is 2.66. The number of carbonyl (C=O) groups excluding carboxylic acids is 1. The number of alkyl halides is 3. The van der Waals surface area contributed by atoms with Gasteiger partial charge in [0.2, 0.25) is 0 Å². The quantitative estimate of drug-likeness (QED) is 0.852. The summed E-state index contributed by atoms with van der Waals surface area (Å²) in [4.78, 5) is 24.9. The van der Waals surface area contributed by atoms with Crippen LogP contribution in [0.4, 0.5) is 13.2 Å². The Morgan fingerprint density at radius 2 is 2.04 bits per heavy atom. The molecule has 0 aliphatic carbocycles. The zero-order chi connectivity index (χ0) is 17.4. The number of benzene rings is 1. The zero-order valence-electron chi connectivity index (χ0n) is 12.0. The van der Waals surface area contributed by atoms with E-state index in [4.69, 9.17) is 5.11 Å². The molecule has 1 atom stereocenters. The van der Waals surface area contributed by atoms with Crippen molar-refractivity contribution in [3.63, 3.8) is 0 Å². The molecule has 0 radical (unpaired) electrons. The number of amides is 1. The van der Waals surface area contributed by atoms with Crippen LogP contribution in [0.2, 0.25) is 0 Å². The summed E-state index contributed by atoms with van der Waals surface area (Å²) in [6.45, 7) is 1.77. The first-order valence-electron chi connectivity index (χ1n) is 6.60. The van der Waals surface area contributed by atoms with Gasteiger partial charge in [0.15, 0.2) is 0 Å². The number of halogens is 4. The Labute approximate surface area is 138 Å². The van der Waals surface area contributed by atoms with E-state index in [2.05, 4.69) is 20.7 Å². The van der Waals surface area contributed by atoms with E-state index < -0.39 is 29.4 Å². The van der Waals surface area contributed by atoms with Crippen LogP contribution in [0.25, 0.3) is 0 Å². The second-order valence-corrected chi connectivity index (χ2v) is 6.39. The van der Waals surface area contributed by atoms with Crippen LogP contribution >= 0.6 is 15.9 Å². The maximum Gasteiger partial charge on any atom is 0.573 e. The van der Waals surface area contributed by atoms with Crippen LogP contribution in [0.15, 0.2) is 22.7 Å². The van der Waals surface area contributed by atoms with Gasteiger partial charge in [-0.1, -0.05) is 0 Å². The topological polar surface area (TPSA) is 66.8 Å². The number of carbonyl (C=O) groups is 2. The largest absolute Gasteiger partial charge is 0.573 e. The minimum absolute atomic E-state index is 0.00193. The van der Waals surface area contributed by atoms with Gasteiger partial charge in [-0.05, 0) is 47.5 Å². The van der Waals surface area contributed by atoms with Gasteiger partial charge in [0.25, 0.3) is 5.91 Å². The Bertz CT molecular complexity index is 649. The SMILES string of the molecule is CC1(C(=O)O)CCN(C(=O)c2ccc(Br)c(OC(F)(F)F)c2)C1. The van der Waals surface area contributed by atoms with Gasteiger partial charge < -0.3 is 14.7 Å². The number of carboxylic acids is 1. The molecule has 0 saturated carbocycles. The molecule has 23 heavy (non-hydrogen) atoms. The molecule has 126 valence electrons. The molecule has 1 aliphatic heterocycles. The van der Waals surface area contributed by atoms with E-state index in [9.17, 15) is 22.8 Å². The van der Waals surface area contributed by atoms with E-state index in [1.165, 1.54) is 24.0 Å². The van der Waals surface area contributed by atoms with E-state index in [1.807, 2.05) is 0 Å². The van der Waals surface area contributed by atoms with Crippen molar-refractivity contribution in [2.45, 2.75) is 19.7 Å². The number of ether oxygens (including phenoxy) is 1. The van der Waals surface area contributed by atoms with Gasteiger partial charge >= 0.3 is 12.3 Å². The summed E-state index contributed by atoms with van der Waals surface area (Å²) in [5, 5.41) is 9.16. The predicted octanol–water partition coefficient (Wildman–Crippen LogP) is 3.28. The summed E-state index contributed by atoms with van der Waals surface area (Å²) in [5.41, 5.74) is -1.04. The Morgan fingerprint density at radius 3 is 2.57 bits per heavy atom. The Morgan fingerprint density at radius 1 is 1.39 bits per heavy atom. The van der Waals surface area contributed by atoms with E-state index in [-0.39, 0.29) is 29.5 Å². The lowest BCUT2D eigenvalue weighted by Crippen LogP contribution is -2.34. The van der Waals surface area contributed by atoms with E-state index in [0.29, 0.717) is 0 Å². The Hall–Kier alpha value is -1.77. The van der Waals surface area contributed by atoms with Crippen molar-refractivity contribution in [3.8, 4) is 5.75 Å². The van der Waals surface area contributed by atoms with E-state index in [1.54, 1.807) is 0 Å². The Balaban J connectivity index is 2.21. The molecule has 0 bridgehead atoms. The number of likely N-dealkylation sites (tertiary alicyclic amines) is 1. The van der Waals surface area contributed by atoms with Gasteiger partial charge in [-0.2, -0.15) is 0 Å². The van der Waals surface area contributed by atoms with Gasteiger partial charge in [-0.25, -0.2) is 0 Å². The molecule has 1 aromatic rings. The number of nitrogens with zero attached hydrogens (tertiary/aromatic N) is 1. The number of aliphatic carboxylic acids is 1. The molecule has 1 aliphatic rings. The molecule has 1 saturated heterocycles. The Kier molecular flexibility index (Phi) is 4.61. The second kappa shape index (κ2) is 6.03. The molecule has 1 amide bonds. The summed E-state index contributed by atoms with van der Waals surface area (Å²) >= 11 is 2.93. The highest BCUT2D eigenvalue weighted by Gasteiger charge is 2.42. The zero-order valence-corrected chi connectivity index (χ0v) is 13.6. The van der Waals surface area contributed by atoms with Crippen LogP contribution < -0.4 is 4.74 Å². The number of rotatable bonds is 3. The van der Waals surface area contributed by atoms with Gasteiger partial charge in [0.05, 0.1) is 9.89 Å². The molecule has 1 N–H and O–H groups in total. The minimum atomic E-state index is -4.88. The van der Waals surface area contributed by atoms with Crippen LogP contribution in [0.3, 0.4) is 0 Å². The van der Waals surface area contributed by atoms with Crippen molar-refractivity contribution in [1.82, 2.24) is 4.90 Å². The monoisotopic (exact) mass is 395 g/mol. The van der Waals surface area contributed by atoms with Gasteiger partial charge in [0, 0.05) is 18.7 Å². The molecule has 0 aromatic heterocycles. The first-order valence-corrected chi connectivity index (χ1v) is 7.39. The van der Waals surface area contributed by atoms with E-state index in [0.717, 1.165) is 6.07 Å². The lowest BCUT2D eigenvalue weighted by molar-refractivity contribution is -0.274. The number of hydrogen-bond donors (Lipinski definition) is 1. The summed E-state index contributed by atoms with van der Waals surface area (Å²) in [6.07, 6.45) is -4.59. The standard InChI is InChI=1S/C14H13BrF3NO4/c1-13(12(21)22)4-5-19(7-13)11(20)8-2-3-9(15)10(6-8)23-14(16,17)18/h2-3,6H,4-5,7H2,1H3,(H,21,22). The molecule has 2 rings (SSSR count). The summed E-state index contributed by atoms with van der Waals surface area (Å²) in [7, 11) is 0. The van der Waals surface area contributed by atoms with Crippen LogP contribution in [-0.2, 0) is 4.79 Å². The molecular formula is C14H13BrF3NO4. The average Bonchev–Trinajstić information content (AvgIpc) is 2.83. The first kappa shape index (κ1) is 17.6. The first-order chi connectivity index (χ1) is 10.5. The highest BCUT2D eigenvalue weighted by molar-refractivity contribution is 9.10. The van der Waals surface area contributed by atoms with Crippen molar-refractivity contribution in [3.05, 3.63) is 28.2 Å². The van der Waals surface area contributed by atoms with Gasteiger partial charge in [-0.15, -0.1) is 13.2 Å². The smallest absolute Gasteiger partial charge is 0.481 e. The van der Waals surface area contributed by atoms with Gasteiger partial charge in [-0.3, -0.25) is 9.59 Å². The van der Waals surface area contributed by atoms with Crippen molar-refractivity contribution in [1.29, 1.82) is 0 Å². The normalized spacial score (nSPS) is 21.3. The lowest BCUT2D eigenvalue weighted by Gasteiger charge is -2.20. The van der Waals surface area contributed by atoms with Crippen LogP contribution in [0.1, 0.15) is 23.7 Å². The fraction of sp³-hybridized carbons (Fsp3) is 0.429. The van der Waals surface area contributed by atoms with Crippen molar-refractivity contribution in [2.24, 2.45) is 5.41 Å². The lowest BCUT2D eigenvalue weighted by atomic mass is 9.90. The maximum absolute atomic E-state index is 12.4. The third-order valence-electron chi connectivity index (χ3n) is 3.68.